The van der Waals surface area contributed by atoms with Crippen LogP contribution in [0.5, 0.6) is 17.2 Å². The molecule has 32 heavy (non-hydrogen) atoms. The molecule has 0 spiro atoms. The third-order valence-electron chi connectivity index (χ3n) is 4.55. The van der Waals surface area contributed by atoms with Gasteiger partial charge in [-0.3, -0.25) is 10.2 Å². The lowest BCUT2D eigenvalue weighted by Crippen LogP contribution is -2.41. The van der Waals surface area contributed by atoms with E-state index in [0.717, 1.165) is 29.0 Å². The van der Waals surface area contributed by atoms with E-state index in [9.17, 15) is 4.79 Å². The van der Waals surface area contributed by atoms with Crippen LogP contribution in [0.15, 0.2) is 63.5 Å². The zero-order valence-corrected chi connectivity index (χ0v) is 19.0. The van der Waals surface area contributed by atoms with Crippen LogP contribution in [0.25, 0.3) is 6.08 Å². The van der Waals surface area contributed by atoms with Crippen LogP contribution in [0.3, 0.4) is 0 Å². The van der Waals surface area contributed by atoms with E-state index in [0.29, 0.717) is 29.3 Å². The van der Waals surface area contributed by atoms with Crippen LogP contribution in [0, 0.1) is 5.41 Å². The van der Waals surface area contributed by atoms with E-state index in [1.807, 2.05) is 54.8 Å². The predicted octanol–water partition coefficient (Wildman–Crippen LogP) is 4.09. The lowest BCUT2D eigenvalue weighted by atomic mass is 10.1. The van der Waals surface area contributed by atoms with Gasteiger partial charge >= 0.3 is 0 Å². The molecule has 8 nitrogen and oxygen atoms in total. The van der Waals surface area contributed by atoms with Gasteiger partial charge in [0.05, 0.1) is 24.6 Å². The third kappa shape index (κ3) is 4.81. The largest absolute Gasteiger partial charge is 0.497 e. The number of carbonyl (C=O) groups excluding carboxylic acids is 1. The molecule has 0 saturated carbocycles. The Labute approximate surface area is 194 Å². The van der Waals surface area contributed by atoms with Crippen molar-refractivity contribution in [2.24, 2.45) is 9.39 Å². The number of rotatable bonds is 7. The van der Waals surface area contributed by atoms with Crippen molar-refractivity contribution in [1.82, 2.24) is 4.90 Å². The van der Waals surface area contributed by atoms with Crippen LogP contribution >= 0.6 is 23.7 Å². The second kappa shape index (κ2) is 9.92. The summed E-state index contributed by atoms with van der Waals surface area (Å²) in [6.07, 6.45) is 3.53. The molecule has 4 rings (SSSR count). The molecule has 2 aliphatic rings. The highest BCUT2D eigenvalue weighted by atomic mass is 32.2. The van der Waals surface area contributed by atoms with Gasteiger partial charge in [-0.05, 0) is 54.3 Å². The number of fused-ring (bicyclic) bond motifs is 1. The summed E-state index contributed by atoms with van der Waals surface area (Å²) in [5.41, 5.74) is 0.993. The molecule has 164 valence electrons. The number of methoxy groups -OCH3 is 1. The van der Waals surface area contributed by atoms with Crippen LogP contribution in [-0.2, 0) is 4.79 Å². The zero-order chi connectivity index (χ0) is 22.5. The smallest absolute Gasteiger partial charge is 0.283 e. The Morgan fingerprint density at radius 3 is 2.22 bits per heavy atom. The Bertz CT molecular complexity index is 1110. The normalized spacial score (nSPS) is 16.6. The van der Waals surface area contributed by atoms with Gasteiger partial charge in [-0.1, -0.05) is 23.9 Å². The maximum absolute atomic E-state index is 12.4. The fourth-order valence-corrected chi connectivity index (χ4v) is 4.40. The minimum atomic E-state index is -0.442. The number of ether oxygens (including phenoxy) is 3. The van der Waals surface area contributed by atoms with Gasteiger partial charge in [0.15, 0.2) is 5.17 Å². The van der Waals surface area contributed by atoms with Crippen molar-refractivity contribution < 1.29 is 19.0 Å². The first-order valence-corrected chi connectivity index (χ1v) is 11.6. The summed E-state index contributed by atoms with van der Waals surface area (Å²) in [6.45, 7) is 0.786. The standard InChI is InChI=1S/C22H20N4O4S2/c1-28-15-7-9-17(10-8-15)30-12-11-29-16-5-3-14(4-6-16)13-18-19(23)26-21(24-20(18)27)32-25-22(26)31-2/h3-10,13,23H,11-12H2,1-2H3/b18-13-,23-19?. The van der Waals surface area contributed by atoms with Crippen molar-refractivity contribution in [3.8, 4) is 17.2 Å². The first kappa shape index (κ1) is 22.0. The molecular formula is C22H20N4O4S2. The third-order valence-corrected chi connectivity index (χ3v) is 6.00. The number of benzene rings is 2. The van der Waals surface area contributed by atoms with Gasteiger partial charge in [-0.25, -0.2) is 4.90 Å². The number of nitrogens with one attached hydrogen (secondary N) is 1. The molecule has 0 unspecified atom stereocenters. The molecule has 0 aliphatic carbocycles. The van der Waals surface area contributed by atoms with Crippen molar-refractivity contribution in [3.05, 3.63) is 59.7 Å². The number of amides is 1. The Hall–Kier alpha value is -3.24. The van der Waals surface area contributed by atoms with E-state index >= 15 is 0 Å². The van der Waals surface area contributed by atoms with E-state index in [2.05, 4.69) is 9.39 Å². The summed E-state index contributed by atoms with van der Waals surface area (Å²) in [5, 5.41) is 9.49. The maximum atomic E-state index is 12.4. The van der Waals surface area contributed by atoms with Gasteiger partial charge in [0.1, 0.15) is 36.3 Å². The summed E-state index contributed by atoms with van der Waals surface area (Å²) in [6, 6.07) is 14.6. The van der Waals surface area contributed by atoms with Crippen molar-refractivity contribution in [2.75, 3.05) is 26.6 Å². The summed E-state index contributed by atoms with van der Waals surface area (Å²) >= 11 is 2.51. The molecule has 0 atom stereocenters. The predicted molar refractivity (Wildman–Crippen MR) is 129 cm³/mol. The molecule has 2 aromatic carbocycles. The minimum Gasteiger partial charge on any atom is -0.497 e. The van der Waals surface area contributed by atoms with Crippen LogP contribution < -0.4 is 14.2 Å². The molecular weight excluding hydrogens is 448 g/mol. The van der Waals surface area contributed by atoms with E-state index in [1.165, 1.54) is 11.8 Å². The molecule has 0 bridgehead atoms. The summed E-state index contributed by atoms with van der Waals surface area (Å²) in [4.78, 5) is 18.0. The fraction of sp³-hybridized carbons (Fsp3) is 0.182. The molecule has 0 radical (unpaired) electrons. The van der Waals surface area contributed by atoms with Crippen LogP contribution in [0.2, 0.25) is 0 Å². The SMILES string of the molecule is COc1ccc(OCCOc2ccc(/C=C3/C(=N)N4C(SC)=NSC4=NC3=O)cc2)cc1. The maximum Gasteiger partial charge on any atom is 0.283 e. The lowest BCUT2D eigenvalue weighted by Gasteiger charge is -2.23. The Balaban J connectivity index is 1.34. The van der Waals surface area contributed by atoms with Gasteiger partial charge in [0.2, 0.25) is 5.17 Å². The molecule has 1 amide bonds. The highest BCUT2D eigenvalue weighted by molar-refractivity contribution is 8.18. The second-order valence-corrected chi connectivity index (χ2v) is 8.06. The van der Waals surface area contributed by atoms with Crippen molar-refractivity contribution in [3.63, 3.8) is 0 Å². The molecule has 2 heterocycles. The molecule has 0 saturated heterocycles. The molecule has 1 N–H and O–H groups in total. The number of nitrogens with zero attached hydrogens (tertiary/aromatic N) is 3. The number of thioether (sulfide) groups is 1. The molecule has 2 aromatic rings. The molecule has 0 aromatic heterocycles. The zero-order valence-electron chi connectivity index (χ0n) is 17.4. The molecule has 0 fully saturated rings. The monoisotopic (exact) mass is 468 g/mol. The van der Waals surface area contributed by atoms with Crippen molar-refractivity contribution >= 4 is 51.9 Å². The molecule has 10 heteroatoms. The fourth-order valence-electron chi connectivity index (χ4n) is 2.95. The average molecular weight is 469 g/mol. The van der Waals surface area contributed by atoms with Gasteiger partial charge in [0, 0.05) is 0 Å². The number of hydrogen-bond donors (Lipinski definition) is 1. The van der Waals surface area contributed by atoms with E-state index < -0.39 is 5.91 Å². The number of carbonyl (C=O) groups is 1. The van der Waals surface area contributed by atoms with Crippen molar-refractivity contribution in [1.29, 1.82) is 5.41 Å². The van der Waals surface area contributed by atoms with Gasteiger partial charge < -0.3 is 14.2 Å². The minimum absolute atomic E-state index is 0.0779. The first-order chi connectivity index (χ1) is 15.6. The number of hydrogen-bond acceptors (Lipinski definition) is 8. The topological polar surface area (TPSA) is 96.6 Å². The van der Waals surface area contributed by atoms with Gasteiger partial charge in [-0.2, -0.15) is 9.39 Å². The second-order valence-electron chi connectivity index (χ2n) is 6.55. The highest BCUT2D eigenvalue weighted by Crippen LogP contribution is 2.31. The number of aliphatic imine (C=N–C) groups is 1. The Kier molecular flexibility index (Phi) is 6.81. The van der Waals surface area contributed by atoms with Crippen LogP contribution in [-0.4, -0.2) is 53.6 Å². The number of amidine groups is 3. The van der Waals surface area contributed by atoms with Gasteiger partial charge in [-0.15, -0.1) is 0 Å². The Morgan fingerprint density at radius 1 is 1.03 bits per heavy atom. The lowest BCUT2D eigenvalue weighted by molar-refractivity contribution is -0.114. The Morgan fingerprint density at radius 2 is 1.62 bits per heavy atom. The van der Waals surface area contributed by atoms with E-state index in [4.69, 9.17) is 19.6 Å². The van der Waals surface area contributed by atoms with E-state index in [1.54, 1.807) is 18.1 Å². The van der Waals surface area contributed by atoms with Crippen LogP contribution in [0.1, 0.15) is 5.56 Å². The van der Waals surface area contributed by atoms with Crippen molar-refractivity contribution in [2.45, 2.75) is 0 Å². The molecule has 2 aliphatic heterocycles. The highest BCUT2D eigenvalue weighted by Gasteiger charge is 2.36. The average Bonchev–Trinajstić information content (AvgIpc) is 3.23. The first-order valence-electron chi connectivity index (χ1n) is 9.61. The van der Waals surface area contributed by atoms with E-state index in [-0.39, 0.29) is 11.4 Å². The quantitative estimate of drug-likeness (QED) is 0.371. The van der Waals surface area contributed by atoms with Gasteiger partial charge in [0.25, 0.3) is 5.91 Å². The summed E-state index contributed by atoms with van der Waals surface area (Å²) in [5.74, 6) is 1.84. The summed E-state index contributed by atoms with van der Waals surface area (Å²) < 4.78 is 20.7. The summed E-state index contributed by atoms with van der Waals surface area (Å²) in [7, 11) is 1.62. The van der Waals surface area contributed by atoms with Crippen LogP contribution in [0.4, 0.5) is 0 Å².